The third kappa shape index (κ3) is 46.3. The molecular weight excluding hydrogens is 257 g/mol. The maximum atomic E-state index is 5.50. The molecule has 0 unspecified atom stereocenters. The van der Waals surface area contributed by atoms with Gasteiger partial charge in [0, 0.05) is 0 Å². The zero-order valence-corrected chi connectivity index (χ0v) is 7.94. The van der Waals surface area contributed by atoms with Crippen LogP contribution in [0.15, 0.2) is 0 Å². The molecule has 0 aliphatic rings. The van der Waals surface area contributed by atoms with Gasteiger partial charge in [-0.1, -0.05) is 0 Å². The van der Waals surface area contributed by atoms with Crippen LogP contribution in [0.25, 0.3) is 0 Å². The van der Waals surface area contributed by atoms with Crippen LogP contribution < -0.4 is 0 Å². The Morgan fingerprint density at radius 2 is 1.00 bits per heavy atom. The SMILES string of the molecule is CI(C)(Cl)(Cl)Cl. The van der Waals surface area contributed by atoms with Crippen LogP contribution in [0.1, 0.15) is 0 Å². The first kappa shape index (κ1) is 7.60. The first-order valence-electron chi connectivity index (χ1n) is 1.18. The molecule has 0 aliphatic heterocycles. The molecule has 0 spiro atoms. The van der Waals surface area contributed by atoms with E-state index in [9.17, 15) is 0 Å². The van der Waals surface area contributed by atoms with Crippen molar-refractivity contribution in [1.82, 2.24) is 0 Å². The molecule has 0 aromatic rings. The van der Waals surface area contributed by atoms with E-state index in [1.54, 1.807) is 9.86 Å². The van der Waals surface area contributed by atoms with E-state index in [1.165, 1.54) is 0 Å². The molecule has 0 aliphatic carbocycles. The summed E-state index contributed by atoms with van der Waals surface area (Å²) in [6.45, 7) is 0. The molecule has 0 aromatic carbocycles. The van der Waals surface area contributed by atoms with Gasteiger partial charge >= 0.3 is 50.2 Å². The number of alkyl halides is 2. The fraction of sp³-hybridized carbons (Fsp3) is 1.00. The van der Waals surface area contributed by atoms with Crippen LogP contribution in [0.4, 0.5) is 0 Å². The average molecular weight is 263 g/mol. The minimum atomic E-state index is -3.13. The first-order chi connectivity index (χ1) is 2.24. The van der Waals surface area contributed by atoms with E-state index in [2.05, 4.69) is 0 Å². The monoisotopic (exact) mass is 262 g/mol. The summed E-state index contributed by atoms with van der Waals surface area (Å²) in [6, 6.07) is 0. The van der Waals surface area contributed by atoms with Crippen molar-refractivity contribution in [3.63, 3.8) is 0 Å². The Hall–Kier alpha value is 1.60. The molecule has 0 heterocycles. The van der Waals surface area contributed by atoms with Crippen LogP contribution in [0.3, 0.4) is 0 Å². The maximum absolute atomic E-state index is 5.50. The molecular formula is C2H6Cl3I. The summed E-state index contributed by atoms with van der Waals surface area (Å²) >= 11 is -3.13. The second kappa shape index (κ2) is 1.54. The standard InChI is InChI=1S/C2H6Cl3I/c1-6(2,3,4)5/h1-2H3. The average Bonchev–Trinajstić information content (AvgIpc) is 0.650. The van der Waals surface area contributed by atoms with Crippen LogP contribution in [0.5, 0.6) is 0 Å². The van der Waals surface area contributed by atoms with Crippen molar-refractivity contribution in [2.45, 2.75) is 0 Å². The molecule has 0 saturated heterocycles. The molecule has 0 atom stereocenters. The summed E-state index contributed by atoms with van der Waals surface area (Å²) in [4.78, 5) is 3.38. The van der Waals surface area contributed by atoms with E-state index in [1.807, 2.05) is 0 Å². The van der Waals surface area contributed by atoms with Gasteiger partial charge in [-0.3, -0.25) is 0 Å². The van der Waals surface area contributed by atoms with Crippen LogP contribution in [-0.2, 0) is 0 Å². The number of rotatable bonds is 0. The number of halogens is 4. The van der Waals surface area contributed by atoms with Gasteiger partial charge < -0.3 is 0 Å². The second-order valence-corrected chi connectivity index (χ2v) is 29.6. The van der Waals surface area contributed by atoms with E-state index >= 15 is 0 Å². The first-order valence-corrected chi connectivity index (χ1v) is 13.7. The van der Waals surface area contributed by atoms with Crippen molar-refractivity contribution in [2.24, 2.45) is 0 Å². The van der Waals surface area contributed by atoms with E-state index in [-0.39, 0.29) is 0 Å². The van der Waals surface area contributed by atoms with Gasteiger partial charge in [0.1, 0.15) is 0 Å². The van der Waals surface area contributed by atoms with Crippen LogP contribution in [0.2, 0.25) is 0 Å². The van der Waals surface area contributed by atoms with Crippen LogP contribution in [-0.4, -0.2) is 9.86 Å². The van der Waals surface area contributed by atoms with Gasteiger partial charge in [0.2, 0.25) is 0 Å². The fourth-order valence-electron chi connectivity index (χ4n) is 0. The molecule has 0 bridgehead atoms. The molecule has 0 fully saturated rings. The Bertz CT molecular complexity index is 42.0. The van der Waals surface area contributed by atoms with Gasteiger partial charge in [0.25, 0.3) is 0 Å². The number of hydrogen-bond acceptors (Lipinski definition) is 0. The molecule has 6 heavy (non-hydrogen) atoms. The van der Waals surface area contributed by atoms with Crippen LogP contribution >= 0.6 is 40.4 Å². The minimum absolute atomic E-state index is 1.69. The summed E-state index contributed by atoms with van der Waals surface area (Å²) in [5, 5.41) is 0. The van der Waals surface area contributed by atoms with E-state index in [0.717, 1.165) is 0 Å². The third-order valence-electron chi connectivity index (χ3n) is 0. The van der Waals surface area contributed by atoms with Crippen molar-refractivity contribution in [3.8, 4) is 0 Å². The summed E-state index contributed by atoms with van der Waals surface area (Å²) in [7, 11) is 16.5. The zero-order valence-electron chi connectivity index (χ0n) is 3.51. The van der Waals surface area contributed by atoms with Gasteiger partial charge in [-0.2, -0.15) is 0 Å². The van der Waals surface area contributed by atoms with Gasteiger partial charge in [0.15, 0.2) is 0 Å². The van der Waals surface area contributed by atoms with Crippen molar-refractivity contribution in [3.05, 3.63) is 0 Å². The quantitative estimate of drug-likeness (QED) is 0.465. The van der Waals surface area contributed by atoms with E-state index in [4.69, 9.17) is 26.7 Å². The van der Waals surface area contributed by atoms with Crippen molar-refractivity contribution >= 4 is 40.4 Å². The molecule has 0 saturated carbocycles. The zero-order chi connectivity index (χ0) is 5.45. The summed E-state index contributed by atoms with van der Waals surface area (Å²) in [5.74, 6) is 0. The van der Waals surface area contributed by atoms with Gasteiger partial charge in [-0.15, -0.1) is 0 Å². The Morgan fingerprint density at radius 1 is 1.00 bits per heavy atom. The molecule has 0 nitrogen and oxygen atoms in total. The van der Waals surface area contributed by atoms with E-state index < -0.39 is 13.7 Å². The number of hydrogen-bond donors (Lipinski definition) is 0. The summed E-state index contributed by atoms with van der Waals surface area (Å²) in [6.07, 6.45) is 0. The second-order valence-electron chi connectivity index (χ2n) is 1.40. The van der Waals surface area contributed by atoms with Gasteiger partial charge in [-0.25, -0.2) is 0 Å². The Kier molecular flexibility index (Phi) is 1.95. The Morgan fingerprint density at radius 3 is 1.00 bits per heavy atom. The molecule has 0 aromatic heterocycles. The molecule has 0 rings (SSSR count). The fourth-order valence-corrected chi connectivity index (χ4v) is 0. The topological polar surface area (TPSA) is 0 Å². The summed E-state index contributed by atoms with van der Waals surface area (Å²) < 4.78 is 0. The van der Waals surface area contributed by atoms with Gasteiger partial charge in [0.05, 0.1) is 0 Å². The predicted molar refractivity (Wildman–Crippen MR) is 43.4 cm³/mol. The third-order valence-corrected chi connectivity index (χ3v) is 0. The van der Waals surface area contributed by atoms with Crippen LogP contribution in [0, 0.1) is 0 Å². The van der Waals surface area contributed by atoms with Gasteiger partial charge in [-0.05, 0) is 0 Å². The Labute approximate surface area is 49.9 Å². The molecule has 42 valence electrons. The van der Waals surface area contributed by atoms with E-state index in [0.29, 0.717) is 0 Å². The predicted octanol–water partition coefficient (Wildman–Crippen LogP) is 3.29. The molecule has 4 heteroatoms. The Balaban J connectivity index is 3.73. The molecule has 0 radical (unpaired) electrons. The molecule has 0 N–H and O–H groups in total. The summed E-state index contributed by atoms with van der Waals surface area (Å²) in [5.41, 5.74) is 0. The van der Waals surface area contributed by atoms with Crippen molar-refractivity contribution in [2.75, 3.05) is 9.86 Å². The van der Waals surface area contributed by atoms with Crippen molar-refractivity contribution < 1.29 is 0 Å². The molecule has 0 amide bonds. The normalized spacial score (nSPS) is 19.2. The van der Waals surface area contributed by atoms with Crippen molar-refractivity contribution in [1.29, 1.82) is 0 Å².